The number of nitrogens with zero attached hydrogens (tertiary/aromatic N) is 3. The molecule has 0 bridgehead atoms. The van der Waals surface area contributed by atoms with E-state index in [1.54, 1.807) is 23.2 Å². The van der Waals surface area contributed by atoms with Crippen LogP contribution in [-0.2, 0) is 4.79 Å². The first-order chi connectivity index (χ1) is 7.68. The number of pyridine rings is 1. The number of likely N-dealkylation sites (N-methyl/N-ethyl adjacent to an activating group) is 1. The highest BCUT2D eigenvalue weighted by Crippen LogP contribution is 2.20. The van der Waals surface area contributed by atoms with Crippen molar-refractivity contribution in [1.82, 2.24) is 9.88 Å². The van der Waals surface area contributed by atoms with E-state index in [-0.39, 0.29) is 5.91 Å². The minimum Gasteiger partial charge on any atom is -0.396 e. The molecule has 2 rings (SSSR count). The van der Waals surface area contributed by atoms with Gasteiger partial charge in [0, 0.05) is 26.3 Å². The third-order valence-corrected chi connectivity index (χ3v) is 2.79. The molecule has 0 spiro atoms. The third kappa shape index (κ3) is 2.08. The van der Waals surface area contributed by atoms with Gasteiger partial charge >= 0.3 is 0 Å². The minimum absolute atomic E-state index is 0.113. The second-order valence-electron chi connectivity index (χ2n) is 4.01. The molecular weight excluding hydrogens is 204 g/mol. The van der Waals surface area contributed by atoms with Crippen LogP contribution in [0.25, 0.3) is 0 Å². The zero-order chi connectivity index (χ0) is 11.5. The number of hydrogen-bond donors (Lipinski definition) is 1. The maximum atomic E-state index is 11.7. The maximum absolute atomic E-state index is 11.7. The SMILES string of the molecule is CN1CCCN(c2ncccc2N)CC1=O. The number of hydrogen-bond acceptors (Lipinski definition) is 4. The van der Waals surface area contributed by atoms with Gasteiger partial charge in [-0.2, -0.15) is 0 Å². The average Bonchev–Trinajstić information content (AvgIpc) is 2.43. The fourth-order valence-corrected chi connectivity index (χ4v) is 1.84. The Kier molecular flexibility index (Phi) is 2.94. The number of nitrogen functional groups attached to an aromatic ring is 1. The molecule has 0 aliphatic carbocycles. The van der Waals surface area contributed by atoms with Gasteiger partial charge in [0.15, 0.2) is 5.82 Å². The molecule has 0 unspecified atom stereocenters. The Balaban J connectivity index is 2.21. The first-order valence-corrected chi connectivity index (χ1v) is 5.38. The number of nitrogens with two attached hydrogens (primary N) is 1. The largest absolute Gasteiger partial charge is 0.396 e. The van der Waals surface area contributed by atoms with Gasteiger partial charge in [-0.15, -0.1) is 0 Å². The van der Waals surface area contributed by atoms with Crippen molar-refractivity contribution >= 4 is 17.4 Å². The molecule has 5 heteroatoms. The lowest BCUT2D eigenvalue weighted by Gasteiger charge is -2.21. The number of carbonyl (C=O) groups is 1. The Morgan fingerprint density at radius 1 is 1.44 bits per heavy atom. The molecular formula is C11H16N4O. The summed E-state index contributed by atoms with van der Waals surface area (Å²) in [7, 11) is 1.83. The average molecular weight is 220 g/mol. The highest BCUT2D eigenvalue weighted by molar-refractivity contribution is 5.82. The molecule has 0 atom stereocenters. The second kappa shape index (κ2) is 4.38. The van der Waals surface area contributed by atoms with Crippen LogP contribution in [0.2, 0.25) is 0 Å². The van der Waals surface area contributed by atoms with E-state index >= 15 is 0 Å². The molecule has 2 N–H and O–H groups in total. The zero-order valence-corrected chi connectivity index (χ0v) is 9.39. The molecule has 1 amide bonds. The second-order valence-corrected chi connectivity index (χ2v) is 4.01. The molecule has 0 saturated carbocycles. The summed E-state index contributed by atoms with van der Waals surface area (Å²) in [5.74, 6) is 0.828. The molecule has 1 saturated heterocycles. The van der Waals surface area contributed by atoms with Gasteiger partial charge in [-0.1, -0.05) is 0 Å². The molecule has 0 radical (unpaired) electrons. The van der Waals surface area contributed by atoms with Crippen LogP contribution in [0.5, 0.6) is 0 Å². The van der Waals surface area contributed by atoms with Crippen molar-refractivity contribution < 1.29 is 4.79 Å². The summed E-state index contributed by atoms with van der Waals surface area (Å²) in [6, 6.07) is 3.60. The van der Waals surface area contributed by atoms with Crippen LogP contribution < -0.4 is 10.6 Å². The van der Waals surface area contributed by atoms with E-state index in [4.69, 9.17) is 5.73 Å². The Bertz CT molecular complexity index is 393. The summed E-state index contributed by atoms with van der Waals surface area (Å²) in [6.07, 6.45) is 2.64. The van der Waals surface area contributed by atoms with Crippen molar-refractivity contribution in [1.29, 1.82) is 0 Å². The number of amides is 1. The van der Waals surface area contributed by atoms with Gasteiger partial charge in [-0.3, -0.25) is 4.79 Å². The fraction of sp³-hybridized carbons (Fsp3) is 0.455. The molecule has 1 fully saturated rings. The monoisotopic (exact) mass is 220 g/mol. The third-order valence-electron chi connectivity index (χ3n) is 2.79. The van der Waals surface area contributed by atoms with E-state index in [1.165, 1.54) is 0 Å². The summed E-state index contributed by atoms with van der Waals surface area (Å²) in [5.41, 5.74) is 6.48. The van der Waals surface area contributed by atoms with E-state index in [9.17, 15) is 4.79 Å². The minimum atomic E-state index is 0.113. The van der Waals surface area contributed by atoms with Gasteiger partial charge in [0.25, 0.3) is 0 Å². The van der Waals surface area contributed by atoms with Gasteiger partial charge < -0.3 is 15.5 Å². The number of carbonyl (C=O) groups excluding carboxylic acids is 1. The van der Waals surface area contributed by atoms with Crippen LogP contribution in [0.15, 0.2) is 18.3 Å². The summed E-state index contributed by atoms with van der Waals surface area (Å²) in [5, 5.41) is 0. The first-order valence-electron chi connectivity index (χ1n) is 5.38. The van der Waals surface area contributed by atoms with Gasteiger partial charge in [0.1, 0.15) is 0 Å². The van der Waals surface area contributed by atoms with Crippen LogP contribution in [0, 0.1) is 0 Å². The molecule has 0 aromatic carbocycles. The predicted octanol–water partition coefficient (Wildman–Crippen LogP) is 0.332. The molecule has 2 heterocycles. The van der Waals surface area contributed by atoms with Crippen molar-refractivity contribution in [3.63, 3.8) is 0 Å². The number of aromatic nitrogens is 1. The summed E-state index contributed by atoms with van der Waals surface area (Å²) < 4.78 is 0. The normalized spacial score (nSPS) is 17.4. The van der Waals surface area contributed by atoms with E-state index < -0.39 is 0 Å². The van der Waals surface area contributed by atoms with Crippen LogP contribution in [0.4, 0.5) is 11.5 Å². The lowest BCUT2D eigenvalue weighted by atomic mass is 10.3. The van der Waals surface area contributed by atoms with Crippen LogP contribution in [0.3, 0.4) is 0 Å². The van der Waals surface area contributed by atoms with Crippen LogP contribution in [-0.4, -0.2) is 42.5 Å². The number of anilines is 2. The molecule has 16 heavy (non-hydrogen) atoms. The summed E-state index contributed by atoms with van der Waals surface area (Å²) in [6.45, 7) is 1.97. The van der Waals surface area contributed by atoms with Crippen LogP contribution in [0.1, 0.15) is 6.42 Å². The molecule has 86 valence electrons. The van der Waals surface area contributed by atoms with E-state index in [2.05, 4.69) is 4.98 Å². The standard InChI is InChI=1S/C11H16N4O/c1-14-6-3-7-15(8-10(14)16)11-9(12)4-2-5-13-11/h2,4-5H,3,6-8,12H2,1H3. The fourth-order valence-electron chi connectivity index (χ4n) is 1.84. The Hall–Kier alpha value is -1.78. The lowest BCUT2D eigenvalue weighted by Crippen LogP contribution is -2.35. The topological polar surface area (TPSA) is 62.5 Å². The maximum Gasteiger partial charge on any atom is 0.241 e. The first kappa shape index (κ1) is 10.7. The Morgan fingerprint density at radius 2 is 2.25 bits per heavy atom. The smallest absolute Gasteiger partial charge is 0.241 e. The number of rotatable bonds is 1. The Morgan fingerprint density at radius 3 is 3.00 bits per heavy atom. The molecule has 1 aliphatic rings. The summed E-state index contributed by atoms with van der Waals surface area (Å²) >= 11 is 0. The molecule has 1 aliphatic heterocycles. The van der Waals surface area contributed by atoms with Crippen molar-refractivity contribution in [2.75, 3.05) is 37.3 Å². The van der Waals surface area contributed by atoms with Crippen molar-refractivity contribution in [2.45, 2.75) is 6.42 Å². The van der Waals surface area contributed by atoms with Crippen molar-refractivity contribution in [3.8, 4) is 0 Å². The predicted molar refractivity (Wildman–Crippen MR) is 63.1 cm³/mol. The van der Waals surface area contributed by atoms with Gasteiger partial charge in [-0.05, 0) is 18.6 Å². The quantitative estimate of drug-likeness (QED) is 0.741. The Labute approximate surface area is 94.9 Å². The van der Waals surface area contributed by atoms with Crippen LogP contribution >= 0.6 is 0 Å². The van der Waals surface area contributed by atoms with E-state index in [1.807, 2.05) is 11.9 Å². The van der Waals surface area contributed by atoms with Gasteiger partial charge in [-0.25, -0.2) is 4.98 Å². The molecule has 1 aromatic rings. The highest BCUT2D eigenvalue weighted by Gasteiger charge is 2.20. The lowest BCUT2D eigenvalue weighted by molar-refractivity contribution is -0.127. The molecule has 5 nitrogen and oxygen atoms in total. The van der Waals surface area contributed by atoms with E-state index in [0.29, 0.717) is 18.1 Å². The van der Waals surface area contributed by atoms with Crippen molar-refractivity contribution in [2.24, 2.45) is 0 Å². The van der Waals surface area contributed by atoms with Gasteiger partial charge in [0.05, 0.1) is 12.2 Å². The summed E-state index contributed by atoms with van der Waals surface area (Å²) in [4.78, 5) is 19.7. The van der Waals surface area contributed by atoms with Crippen molar-refractivity contribution in [3.05, 3.63) is 18.3 Å². The van der Waals surface area contributed by atoms with Gasteiger partial charge in [0.2, 0.25) is 5.91 Å². The highest BCUT2D eigenvalue weighted by atomic mass is 16.2. The van der Waals surface area contributed by atoms with E-state index in [0.717, 1.165) is 19.5 Å². The zero-order valence-electron chi connectivity index (χ0n) is 9.39. The molecule has 1 aromatic heterocycles.